The molecule has 1 aliphatic rings. The van der Waals surface area contributed by atoms with Crippen LogP contribution in [0.4, 0.5) is 0 Å². The van der Waals surface area contributed by atoms with Crippen LogP contribution in [0.5, 0.6) is 0 Å². The van der Waals surface area contributed by atoms with Crippen LogP contribution in [0, 0.1) is 5.92 Å². The number of nitrogens with zero attached hydrogens (tertiary/aromatic N) is 4. The van der Waals surface area contributed by atoms with Crippen molar-refractivity contribution in [3.63, 3.8) is 0 Å². The summed E-state index contributed by atoms with van der Waals surface area (Å²) in [5.74, 6) is -1.57. The maximum absolute atomic E-state index is 12.7. The van der Waals surface area contributed by atoms with Crippen molar-refractivity contribution in [1.29, 1.82) is 0 Å². The van der Waals surface area contributed by atoms with Crippen LogP contribution in [0.15, 0.2) is 36.9 Å². The van der Waals surface area contributed by atoms with E-state index in [-0.39, 0.29) is 18.5 Å². The van der Waals surface area contributed by atoms with Gasteiger partial charge in [0, 0.05) is 23.8 Å². The Morgan fingerprint density at radius 2 is 1.87 bits per heavy atom. The summed E-state index contributed by atoms with van der Waals surface area (Å²) in [6, 6.07) is 7.31. The Kier molecular flexibility index (Phi) is 4.10. The number of aromatic nitrogens is 3. The van der Waals surface area contributed by atoms with Gasteiger partial charge in [0.2, 0.25) is 0 Å². The first-order valence-corrected chi connectivity index (χ1v) is 7.55. The molecule has 0 spiro atoms. The molecule has 23 heavy (non-hydrogen) atoms. The molecule has 0 aliphatic heterocycles. The highest BCUT2D eigenvalue weighted by molar-refractivity contribution is 5.95. The van der Waals surface area contributed by atoms with Gasteiger partial charge in [-0.2, -0.15) is 0 Å². The van der Waals surface area contributed by atoms with Gasteiger partial charge < -0.3 is 10.0 Å². The van der Waals surface area contributed by atoms with Crippen LogP contribution in [-0.4, -0.2) is 49.2 Å². The molecule has 1 aromatic heterocycles. The molecule has 1 heterocycles. The highest BCUT2D eigenvalue weighted by Crippen LogP contribution is 2.29. The van der Waals surface area contributed by atoms with E-state index in [0.29, 0.717) is 5.56 Å². The lowest BCUT2D eigenvalue weighted by Crippen LogP contribution is -2.38. The molecule has 1 aliphatic carbocycles. The summed E-state index contributed by atoms with van der Waals surface area (Å²) in [6.07, 6.45) is 5.05. The van der Waals surface area contributed by atoms with Crippen LogP contribution in [0.25, 0.3) is 5.69 Å². The van der Waals surface area contributed by atoms with Crippen molar-refractivity contribution in [2.24, 2.45) is 5.92 Å². The number of benzene rings is 1. The summed E-state index contributed by atoms with van der Waals surface area (Å²) in [5.41, 5.74) is 1.43. The van der Waals surface area contributed by atoms with Gasteiger partial charge in [-0.1, -0.05) is 6.92 Å². The van der Waals surface area contributed by atoms with E-state index in [2.05, 4.69) is 10.2 Å². The predicted octanol–water partition coefficient (Wildman–Crippen LogP) is 1.59. The normalized spacial score (nSPS) is 15.2. The van der Waals surface area contributed by atoms with Gasteiger partial charge in [-0.3, -0.25) is 14.2 Å². The van der Waals surface area contributed by atoms with E-state index in [1.165, 1.54) is 0 Å². The standard InChI is InChI=1S/C16H18N4O3/c1-11(16(22)23)8-20(14-6-7-14)15(21)12-2-4-13(5-3-12)19-9-17-18-10-19/h2-5,9-11,14H,6-8H2,1H3,(H,22,23). The van der Waals surface area contributed by atoms with Crippen LogP contribution < -0.4 is 0 Å². The Hall–Kier alpha value is -2.70. The largest absolute Gasteiger partial charge is 0.481 e. The minimum Gasteiger partial charge on any atom is -0.481 e. The van der Waals surface area contributed by atoms with Gasteiger partial charge in [0.15, 0.2) is 0 Å². The average Bonchev–Trinajstić information content (AvgIpc) is 3.25. The molecule has 0 radical (unpaired) electrons. The fourth-order valence-electron chi connectivity index (χ4n) is 2.43. The zero-order valence-corrected chi connectivity index (χ0v) is 12.8. The summed E-state index contributed by atoms with van der Waals surface area (Å²) in [6.45, 7) is 1.87. The molecular weight excluding hydrogens is 296 g/mol. The van der Waals surface area contributed by atoms with E-state index in [1.807, 2.05) is 12.1 Å². The third kappa shape index (κ3) is 3.39. The van der Waals surface area contributed by atoms with Gasteiger partial charge in [-0.25, -0.2) is 0 Å². The van der Waals surface area contributed by atoms with Crippen LogP contribution in [0.1, 0.15) is 30.1 Å². The van der Waals surface area contributed by atoms with Crippen LogP contribution >= 0.6 is 0 Å². The number of hydrogen-bond acceptors (Lipinski definition) is 4. The molecule has 1 saturated carbocycles. The number of carbonyl (C=O) groups excluding carboxylic acids is 1. The van der Waals surface area contributed by atoms with Gasteiger partial charge in [-0.05, 0) is 37.1 Å². The monoisotopic (exact) mass is 314 g/mol. The molecule has 1 fully saturated rings. The molecule has 1 amide bonds. The topological polar surface area (TPSA) is 88.3 Å². The Morgan fingerprint density at radius 3 is 2.39 bits per heavy atom. The highest BCUT2D eigenvalue weighted by atomic mass is 16.4. The van der Waals surface area contributed by atoms with Gasteiger partial charge in [0.05, 0.1) is 5.92 Å². The number of amides is 1. The van der Waals surface area contributed by atoms with E-state index >= 15 is 0 Å². The summed E-state index contributed by atoms with van der Waals surface area (Å²) < 4.78 is 1.75. The van der Waals surface area contributed by atoms with E-state index < -0.39 is 11.9 Å². The molecule has 7 nitrogen and oxygen atoms in total. The molecule has 1 unspecified atom stereocenters. The van der Waals surface area contributed by atoms with Gasteiger partial charge >= 0.3 is 5.97 Å². The molecule has 1 atom stereocenters. The molecule has 1 N–H and O–H groups in total. The minimum absolute atomic E-state index is 0.115. The Bertz CT molecular complexity index is 693. The quantitative estimate of drug-likeness (QED) is 0.875. The van der Waals surface area contributed by atoms with Gasteiger partial charge in [-0.15, -0.1) is 10.2 Å². The second kappa shape index (κ2) is 6.20. The Labute approximate surface area is 133 Å². The first-order valence-electron chi connectivity index (χ1n) is 7.55. The zero-order valence-electron chi connectivity index (χ0n) is 12.8. The fourth-order valence-corrected chi connectivity index (χ4v) is 2.43. The van der Waals surface area contributed by atoms with Crippen molar-refractivity contribution >= 4 is 11.9 Å². The highest BCUT2D eigenvalue weighted by Gasteiger charge is 2.34. The summed E-state index contributed by atoms with van der Waals surface area (Å²) in [5, 5.41) is 16.6. The second-order valence-corrected chi connectivity index (χ2v) is 5.84. The molecular formula is C16H18N4O3. The number of rotatable bonds is 6. The Balaban J connectivity index is 1.76. The third-order valence-electron chi connectivity index (χ3n) is 3.97. The summed E-state index contributed by atoms with van der Waals surface area (Å²) >= 11 is 0. The molecule has 0 bridgehead atoms. The van der Waals surface area contributed by atoms with E-state index in [4.69, 9.17) is 5.11 Å². The lowest BCUT2D eigenvalue weighted by atomic mass is 10.1. The van der Waals surface area contributed by atoms with Gasteiger partial charge in [0.25, 0.3) is 5.91 Å². The predicted molar refractivity (Wildman–Crippen MR) is 82.2 cm³/mol. The average molecular weight is 314 g/mol. The van der Waals surface area contributed by atoms with Crippen molar-refractivity contribution in [2.75, 3.05) is 6.54 Å². The summed E-state index contributed by atoms with van der Waals surface area (Å²) in [4.78, 5) is 25.4. The van der Waals surface area contributed by atoms with Crippen molar-refractivity contribution in [3.05, 3.63) is 42.5 Å². The second-order valence-electron chi connectivity index (χ2n) is 5.84. The molecule has 120 valence electrons. The lowest BCUT2D eigenvalue weighted by molar-refractivity contribution is -0.141. The Morgan fingerprint density at radius 1 is 1.26 bits per heavy atom. The number of carboxylic acid groups (broad SMARTS) is 1. The SMILES string of the molecule is CC(CN(C(=O)c1ccc(-n2cnnc2)cc1)C1CC1)C(=O)O. The van der Waals surface area contributed by atoms with Crippen molar-refractivity contribution in [2.45, 2.75) is 25.8 Å². The van der Waals surface area contributed by atoms with Crippen LogP contribution in [-0.2, 0) is 4.79 Å². The molecule has 7 heteroatoms. The van der Waals surface area contributed by atoms with Gasteiger partial charge in [0.1, 0.15) is 12.7 Å². The maximum Gasteiger partial charge on any atom is 0.308 e. The van der Waals surface area contributed by atoms with E-state index in [1.54, 1.807) is 41.2 Å². The smallest absolute Gasteiger partial charge is 0.308 e. The number of carbonyl (C=O) groups is 2. The molecule has 0 saturated heterocycles. The van der Waals surface area contributed by atoms with E-state index in [9.17, 15) is 9.59 Å². The van der Waals surface area contributed by atoms with Crippen molar-refractivity contribution in [1.82, 2.24) is 19.7 Å². The zero-order chi connectivity index (χ0) is 16.4. The first kappa shape index (κ1) is 15.2. The lowest BCUT2D eigenvalue weighted by Gasteiger charge is -2.24. The molecule has 3 rings (SSSR count). The molecule has 1 aromatic carbocycles. The van der Waals surface area contributed by atoms with Crippen LogP contribution in [0.3, 0.4) is 0 Å². The number of hydrogen-bond donors (Lipinski definition) is 1. The third-order valence-corrected chi connectivity index (χ3v) is 3.97. The fraction of sp³-hybridized carbons (Fsp3) is 0.375. The van der Waals surface area contributed by atoms with Crippen molar-refractivity contribution < 1.29 is 14.7 Å². The first-order chi connectivity index (χ1) is 11.1. The summed E-state index contributed by atoms with van der Waals surface area (Å²) in [7, 11) is 0. The van der Waals surface area contributed by atoms with Crippen LogP contribution in [0.2, 0.25) is 0 Å². The molecule has 2 aromatic rings. The van der Waals surface area contributed by atoms with Crippen molar-refractivity contribution in [3.8, 4) is 5.69 Å². The number of carboxylic acids is 1. The number of aliphatic carboxylic acids is 1. The van der Waals surface area contributed by atoms with E-state index in [0.717, 1.165) is 18.5 Å². The minimum atomic E-state index is -0.883. The maximum atomic E-state index is 12.7.